The van der Waals surface area contributed by atoms with Crippen LogP contribution in [0.3, 0.4) is 0 Å². The third kappa shape index (κ3) is 4.15. The smallest absolute Gasteiger partial charge is 0.235 e. The monoisotopic (exact) mass is 704 g/mol. The van der Waals surface area contributed by atoms with E-state index in [9.17, 15) is 0 Å². The first-order valence-corrected chi connectivity index (χ1v) is 19.0. The largest absolute Gasteiger partial charge is 0.278 e. The Morgan fingerprint density at radius 1 is 0.370 bits per heavy atom. The predicted octanol–water partition coefficient (Wildman–Crippen LogP) is 13.3. The molecular weight excluding hydrogens is 677 g/mol. The molecular formula is C49H28N4S. The lowest BCUT2D eigenvalue weighted by Gasteiger charge is -2.15. The van der Waals surface area contributed by atoms with Gasteiger partial charge in [-0.05, 0) is 47.2 Å². The van der Waals surface area contributed by atoms with Crippen molar-refractivity contribution in [3.05, 3.63) is 170 Å². The number of thiophene rings is 1. The first-order valence-electron chi connectivity index (χ1n) is 18.2. The summed E-state index contributed by atoms with van der Waals surface area (Å²) in [5.41, 5.74) is 8.08. The summed E-state index contributed by atoms with van der Waals surface area (Å²) in [6.45, 7) is 0. The Kier molecular flexibility index (Phi) is 6.18. The maximum absolute atomic E-state index is 5.49. The number of hydrogen-bond acceptors (Lipinski definition) is 4. The van der Waals surface area contributed by atoms with E-state index in [0.717, 1.165) is 60.7 Å². The number of rotatable bonds is 3. The molecule has 54 heavy (non-hydrogen) atoms. The predicted molar refractivity (Wildman–Crippen MR) is 228 cm³/mol. The van der Waals surface area contributed by atoms with Gasteiger partial charge in [-0.1, -0.05) is 133 Å². The highest BCUT2D eigenvalue weighted by molar-refractivity contribution is 7.27. The summed E-state index contributed by atoms with van der Waals surface area (Å²) < 4.78 is 4.83. The summed E-state index contributed by atoms with van der Waals surface area (Å²) in [5.74, 6) is 0.652. The second kappa shape index (κ2) is 11.3. The molecule has 8 aromatic carbocycles. The highest BCUT2D eigenvalue weighted by Crippen LogP contribution is 2.48. The molecule has 5 heteroatoms. The molecule has 0 amide bonds. The van der Waals surface area contributed by atoms with Gasteiger partial charge < -0.3 is 0 Å². The Bertz CT molecular complexity index is 3510. The molecule has 0 unspecified atom stereocenters. The van der Waals surface area contributed by atoms with Gasteiger partial charge in [0.1, 0.15) is 0 Å². The summed E-state index contributed by atoms with van der Waals surface area (Å²) in [4.78, 5) is 16.0. The molecule has 0 spiro atoms. The molecule has 0 aliphatic carbocycles. The lowest BCUT2D eigenvalue weighted by atomic mass is 9.92. The van der Waals surface area contributed by atoms with E-state index in [4.69, 9.17) is 15.0 Å². The molecule has 0 saturated heterocycles. The Hall–Kier alpha value is -6.95. The topological polar surface area (TPSA) is 43.6 Å². The minimum absolute atomic E-state index is 0.652. The van der Waals surface area contributed by atoms with Gasteiger partial charge in [-0.3, -0.25) is 4.57 Å². The summed E-state index contributed by atoms with van der Waals surface area (Å²) >= 11 is 1.89. The van der Waals surface area contributed by atoms with Crippen LogP contribution in [-0.2, 0) is 0 Å². The van der Waals surface area contributed by atoms with Crippen molar-refractivity contribution < 1.29 is 0 Å². The minimum atomic E-state index is 0.652. The van der Waals surface area contributed by atoms with E-state index < -0.39 is 0 Å². The van der Waals surface area contributed by atoms with Crippen LogP contribution >= 0.6 is 11.3 Å². The highest BCUT2D eigenvalue weighted by Gasteiger charge is 2.22. The van der Waals surface area contributed by atoms with E-state index in [0.29, 0.717) is 5.95 Å². The van der Waals surface area contributed by atoms with Gasteiger partial charge >= 0.3 is 0 Å². The Morgan fingerprint density at radius 3 is 1.80 bits per heavy atom. The third-order valence-electron chi connectivity index (χ3n) is 11.0. The van der Waals surface area contributed by atoms with Crippen molar-refractivity contribution in [2.24, 2.45) is 0 Å². The molecule has 0 saturated carbocycles. The molecule has 12 aromatic rings. The maximum Gasteiger partial charge on any atom is 0.235 e. The van der Waals surface area contributed by atoms with Crippen molar-refractivity contribution in [3.63, 3.8) is 0 Å². The molecule has 4 aromatic heterocycles. The van der Waals surface area contributed by atoms with Crippen molar-refractivity contribution in [3.8, 4) is 28.5 Å². The number of fused-ring (bicyclic) bond motifs is 14. The number of benzene rings is 8. The molecule has 0 radical (unpaired) electrons. The van der Waals surface area contributed by atoms with E-state index in [1.54, 1.807) is 0 Å². The number of para-hydroxylation sites is 3. The fourth-order valence-corrected chi connectivity index (χ4v) is 9.93. The standard InChI is InChI=1S/C49H28N4S/c1-2-14-29(15-3-1)46-35-20-7-11-23-39(35)51-49(52-46)53-40-24-12-8-16-31(40)37-28-30(26-27-41(37)53)47-44-33-18-5-4-17-32(33)43-36-21-9-13-25-42(36)54-48(43)45(44)34-19-6-10-22-38(34)50-47/h1-28H. The fourth-order valence-electron chi connectivity index (χ4n) is 8.64. The Balaban J connectivity index is 1.18. The summed E-state index contributed by atoms with van der Waals surface area (Å²) in [7, 11) is 0. The van der Waals surface area contributed by atoms with Crippen LogP contribution in [-0.4, -0.2) is 19.5 Å². The van der Waals surface area contributed by atoms with Crippen molar-refractivity contribution in [2.75, 3.05) is 0 Å². The van der Waals surface area contributed by atoms with Crippen molar-refractivity contribution in [1.29, 1.82) is 0 Å². The van der Waals surface area contributed by atoms with Crippen LogP contribution in [0.4, 0.5) is 0 Å². The first kappa shape index (κ1) is 29.6. The van der Waals surface area contributed by atoms with Gasteiger partial charge in [-0.15, -0.1) is 11.3 Å². The van der Waals surface area contributed by atoms with Crippen molar-refractivity contribution in [2.45, 2.75) is 0 Å². The molecule has 0 aliphatic rings. The molecule has 4 heterocycles. The lowest BCUT2D eigenvalue weighted by Crippen LogP contribution is -2.03. The quantitative estimate of drug-likeness (QED) is 0.172. The van der Waals surface area contributed by atoms with Gasteiger partial charge in [0.05, 0.1) is 33.5 Å². The molecule has 250 valence electrons. The number of nitrogens with zero attached hydrogens (tertiary/aromatic N) is 4. The summed E-state index contributed by atoms with van der Waals surface area (Å²) in [6, 6.07) is 60.4. The van der Waals surface area contributed by atoms with Gasteiger partial charge in [0.25, 0.3) is 0 Å². The molecule has 4 nitrogen and oxygen atoms in total. The van der Waals surface area contributed by atoms with E-state index in [2.05, 4.69) is 162 Å². The van der Waals surface area contributed by atoms with Crippen LogP contribution in [0.5, 0.6) is 0 Å². The Morgan fingerprint density at radius 2 is 0.981 bits per heavy atom. The van der Waals surface area contributed by atoms with Crippen LogP contribution in [0.15, 0.2) is 170 Å². The van der Waals surface area contributed by atoms with Crippen LogP contribution in [0.1, 0.15) is 0 Å². The molecule has 12 rings (SSSR count). The molecule has 0 bridgehead atoms. The van der Waals surface area contributed by atoms with Crippen LogP contribution < -0.4 is 0 Å². The summed E-state index contributed by atoms with van der Waals surface area (Å²) in [5, 5.41) is 12.1. The van der Waals surface area contributed by atoms with Gasteiger partial charge in [-0.2, -0.15) is 0 Å². The van der Waals surface area contributed by atoms with Gasteiger partial charge in [0.2, 0.25) is 5.95 Å². The average Bonchev–Trinajstić information content (AvgIpc) is 3.79. The van der Waals surface area contributed by atoms with E-state index in [1.807, 2.05) is 23.5 Å². The minimum Gasteiger partial charge on any atom is -0.278 e. The van der Waals surface area contributed by atoms with E-state index >= 15 is 0 Å². The van der Waals surface area contributed by atoms with Crippen LogP contribution in [0.25, 0.3) is 114 Å². The fraction of sp³-hybridized carbons (Fsp3) is 0. The summed E-state index contributed by atoms with van der Waals surface area (Å²) in [6.07, 6.45) is 0. The zero-order chi connectivity index (χ0) is 35.3. The first-order chi connectivity index (χ1) is 26.8. The van der Waals surface area contributed by atoms with Crippen LogP contribution in [0.2, 0.25) is 0 Å². The number of hydrogen-bond donors (Lipinski definition) is 0. The SMILES string of the molecule is c1ccc(-c2nc(-n3c4ccccc4c4cc(-c5nc6ccccc6c6c7sc8ccccc8c7c7ccccc7c56)ccc43)nc3ccccc23)cc1. The highest BCUT2D eigenvalue weighted by atomic mass is 32.1. The molecule has 0 aliphatic heterocycles. The van der Waals surface area contributed by atoms with Gasteiger partial charge in [0, 0.05) is 63.6 Å². The normalized spacial score (nSPS) is 12.1. The zero-order valence-electron chi connectivity index (χ0n) is 28.9. The molecule has 0 atom stereocenters. The van der Waals surface area contributed by atoms with Crippen molar-refractivity contribution in [1.82, 2.24) is 19.5 Å². The zero-order valence-corrected chi connectivity index (χ0v) is 29.7. The second-order valence-electron chi connectivity index (χ2n) is 13.9. The van der Waals surface area contributed by atoms with E-state index in [1.165, 1.54) is 47.1 Å². The van der Waals surface area contributed by atoms with Crippen molar-refractivity contribution >= 4 is 96.7 Å². The van der Waals surface area contributed by atoms with Gasteiger partial charge in [0.15, 0.2) is 0 Å². The van der Waals surface area contributed by atoms with Gasteiger partial charge in [-0.25, -0.2) is 15.0 Å². The Labute approximate surface area is 313 Å². The number of pyridine rings is 1. The number of aromatic nitrogens is 4. The van der Waals surface area contributed by atoms with E-state index in [-0.39, 0.29) is 0 Å². The second-order valence-corrected chi connectivity index (χ2v) is 15.0. The van der Waals surface area contributed by atoms with Crippen LogP contribution in [0, 0.1) is 0 Å². The average molecular weight is 705 g/mol. The molecule has 0 N–H and O–H groups in total. The third-order valence-corrected chi connectivity index (χ3v) is 12.2. The molecule has 0 fully saturated rings. The maximum atomic E-state index is 5.49. The lowest BCUT2D eigenvalue weighted by molar-refractivity contribution is 1.01.